The molecule has 0 spiro atoms. The van der Waals surface area contributed by atoms with Gasteiger partial charge in [-0.1, -0.05) is 0 Å². The second kappa shape index (κ2) is 7.15. The SMILES string of the molecule is COc1ccc(/C=N\n2cncn2)cc1C[NH+]1CCOCC1. The summed E-state index contributed by atoms with van der Waals surface area (Å²) < 4.78 is 10.9. The fourth-order valence-electron chi connectivity index (χ4n) is 2.51. The number of rotatable bonds is 5. The van der Waals surface area contributed by atoms with E-state index < -0.39 is 0 Å². The number of hydrogen-bond donors (Lipinski definition) is 1. The Labute approximate surface area is 129 Å². The Morgan fingerprint density at radius 1 is 1.41 bits per heavy atom. The monoisotopic (exact) mass is 302 g/mol. The number of nitrogens with one attached hydrogen (secondary N) is 1. The molecule has 0 aliphatic carbocycles. The lowest BCUT2D eigenvalue weighted by atomic mass is 10.1. The summed E-state index contributed by atoms with van der Waals surface area (Å²) in [6.45, 7) is 4.63. The highest BCUT2D eigenvalue weighted by Crippen LogP contribution is 2.18. The lowest BCUT2D eigenvalue weighted by Gasteiger charge is -2.24. The third kappa shape index (κ3) is 3.69. The first-order chi connectivity index (χ1) is 10.8. The van der Waals surface area contributed by atoms with Crippen molar-refractivity contribution in [2.75, 3.05) is 33.4 Å². The Balaban J connectivity index is 1.76. The number of hydrogen-bond acceptors (Lipinski definition) is 5. The maximum absolute atomic E-state index is 5.48. The maximum atomic E-state index is 5.48. The smallest absolute Gasteiger partial charge is 0.139 e. The van der Waals surface area contributed by atoms with Crippen LogP contribution in [0.3, 0.4) is 0 Å². The molecule has 0 bridgehead atoms. The van der Waals surface area contributed by atoms with E-state index in [-0.39, 0.29) is 0 Å². The molecular formula is C15H20N5O2+. The van der Waals surface area contributed by atoms with Gasteiger partial charge in [0, 0.05) is 5.56 Å². The van der Waals surface area contributed by atoms with E-state index in [1.165, 1.54) is 21.6 Å². The van der Waals surface area contributed by atoms with Crippen molar-refractivity contribution in [1.82, 2.24) is 14.9 Å². The molecule has 0 amide bonds. The van der Waals surface area contributed by atoms with E-state index in [0.717, 1.165) is 44.2 Å². The van der Waals surface area contributed by atoms with Gasteiger partial charge in [-0.15, -0.1) is 9.89 Å². The lowest BCUT2D eigenvalue weighted by molar-refractivity contribution is -0.921. The van der Waals surface area contributed by atoms with Crippen molar-refractivity contribution in [3.05, 3.63) is 42.0 Å². The van der Waals surface area contributed by atoms with Gasteiger partial charge >= 0.3 is 0 Å². The van der Waals surface area contributed by atoms with E-state index in [2.05, 4.69) is 21.3 Å². The number of methoxy groups -OCH3 is 1. The average molecular weight is 302 g/mol. The molecule has 0 unspecified atom stereocenters. The van der Waals surface area contributed by atoms with Gasteiger partial charge in [0.15, 0.2) is 0 Å². The second-order valence-electron chi connectivity index (χ2n) is 5.17. The predicted octanol–water partition coefficient (Wildman–Crippen LogP) is -0.416. The van der Waals surface area contributed by atoms with Crippen LogP contribution in [0.2, 0.25) is 0 Å². The van der Waals surface area contributed by atoms with Crippen LogP contribution < -0.4 is 9.64 Å². The Kier molecular flexibility index (Phi) is 4.77. The first kappa shape index (κ1) is 14.7. The predicted molar refractivity (Wildman–Crippen MR) is 81.2 cm³/mol. The number of ether oxygens (including phenoxy) is 2. The van der Waals surface area contributed by atoms with Gasteiger partial charge in [0.1, 0.15) is 38.0 Å². The Morgan fingerprint density at radius 3 is 3.00 bits per heavy atom. The molecule has 1 fully saturated rings. The van der Waals surface area contributed by atoms with Crippen LogP contribution >= 0.6 is 0 Å². The van der Waals surface area contributed by atoms with Gasteiger partial charge < -0.3 is 14.4 Å². The minimum Gasteiger partial charge on any atom is -0.496 e. The van der Waals surface area contributed by atoms with Crippen LogP contribution in [0.25, 0.3) is 0 Å². The van der Waals surface area contributed by atoms with Gasteiger partial charge in [-0.3, -0.25) is 0 Å². The topological polar surface area (TPSA) is 66.0 Å². The zero-order valence-corrected chi connectivity index (χ0v) is 12.6. The number of aromatic nitrogens is 3. The number of nitrogens with zero attached hydrogens (tertiary/aromatic N) is 4. The highest BCUT2D eigenvalue weighted by molar-refractivity contribution is 5.80. The number of benzene rings is 1. The quantitative estimate of drug-likeness (QED) is 0.762. The van der Waals surface area contributed by atoms with Gasteiger partial charge in [0.05, 0.1) is 26.5 Å². The van der Waals surface area contributed by atoms with Crippen molar-refractivity contribution in [2.45, 2.75) is 6.54 Å². The highest BCUT2D eigenvalue weighted by atomic mass is 16.5. The van der Waals surface area contributed by atoms with Crippen LogP contribution in [-0.2, 0) is 11.3 Å². The van der Waals surface area contributed by atoms with Crippen LogP contribution in [0.4, 0.5) is 0 Å². The van der Waals surface area contributed by atoms with Gasteiger partial charge in [0.2, 0.25) is 0 Å². The second-order valence-corrected chi connectivity index (χ2v) is 5.17. The maximum Gasteiger partial charge on any atom is 0.139 e. The highest BCUT2D eigenvalue weighted by Gasteiger charge is 2.16. The normalized spacial score (nSPS) is 16.2. The summed E-state index contributed by atoms with van der Waals surface area (Å²) in [6.07, 6.45) is 4.78. The molecule has 2 heterocycles. The van der Waals surface area contributed by atoms with Crippen molar-refractivity contribution in [1.29, 1.82) is 0 Å². The number of quaternary nitrogens is 1. The Morgan fingerprint density at radius 2 is 2.27 bits per heavy atom. The van der Waals surface area contributed by atoms with Crippen LogP contribution in [0.1, 0.15) is 11.1 Å². The van der Waals surface area contributed by atoms with Crippen molar-refractivity contribution < 1.29 is 14.4 Å². The van der Waals surface area contributed by atoms with Crippen molar-refractivity contribution in [2.24, 2.45) is 5.10 Å². The van der Waals surface area contributed by atoms with Crippen molar-refractivity contribution in [3.8, 4) is 5.75 Å². The van der Waals surface area contributed by atoms with Gasteiger partial charge in [0.25, 0.3) is 0 Å². The lowest BCUT2D eigenvalue weighted by Crippen LogP contribution is -3.12. The summed E-state index contributed by atoms with van der Waals surface area (Å²) in [5, 5.41) is 8.18. The molecule has 116 valence electrons. The van der Waals surface area contributed by atoms with Gasteiger partial charge in [-0.25, -0.2) is 4.98 Å². The zero-order valence-electron chi connectivity index (χ0n) is 12.6. The van der Waals surface area contributed by atoms with Crippen molar-refractivity contribution in [3.63, 3.8) is 0 Å². The fraction of sp³-hybridized carbons (Fsp3) is 0.400. The summed E-state index contributed by atoms with van der Waals surface area (Å²) in [4.78, 5) is 6.80. The van der Waals surface area contributed by atoms with Crippen LogP contribution in [0, 0.1) is 0 Å². The molecule has 3 rings (SSSR count). The molecule has 1 aliphatic heterocycles. The summed E-state index contributed by atoms with van der Waals surface area (Å²) in [5.74, 6) is 0.914. The van der Waals surface area contributed by atoms with Gasteiger partial charge in [-0.2, -0.15) is 5.10 Å². The molecule has 7 nitrogen and oxygen atoms in total. The first-order valence-corrected chi connectivity index (χ1v) is 7.32. The molecule has 1 aromatic carbocycles. The summed E-state index contributed by atoms with van der Waals surface area (Å²) in [5.41, 5.74) is 2.20. The fourth-order valence-corrected chi connectivity index (χ4v) is 2.51. The van der Waals surface area contributed by atoms with E-state index in [9.17, 15) is 0 Å². The minimum absolute atomic E-state index is 0.825. The molecule has 1 saturated heterocycles. The standard InChI is InChI=1S/C15H19N5O2/c1-21-15-3-2-13(9-17-20-12-16-11-18-20)8-14(15)10-19-4-6-22-7-5-19/h2-3,8-9,11-12H,4-7,10H2,1H3/p+1/b17-9-. The summed E-state index contributed by atoms with van der Waals surface area (Å²) in [6, 6.07) is 6.08. The summed E-state index contributed by atoms with van der Waals surface area (Å²) in [7, 11) is 1.71. The van der Waals surface area contributed by atoms with E-state index in [0.29, 0.717) is 0 Å². The first-order valence-electron chi connectivity index (χ1n) is 7.32. The number of morpholine rings is 1. The van der Waals surface area contributed by atoms with Gasteiger partial charge in [-0.05, 0) is 23.8 Å². The molecule has 0 atom stereocenters. The zero-order chi connectivity index (χ0) is 15.2. The largest absolute Gasteiger partial charge is 0.496 e. The van der Waals surface area contributed by atoms with Crippen LogP contribution in [0.5, 0.6) is 5.75 Å². The molecule has 0 radical (unpaired) electrons. The molecule has 1 aromatic heterocycles. The minimum atomic E-state index is 0.825. The summed E-state index contributed by atoms with van der Waals surface area (Å²) >= 11 is 0. The molecule has 7 heteroatoms. The Hall–Kier alpha value is -2.25. The molecule has 1 aliphatic rings. The molecular weight excluding hydrogens is 282 g/mol. The molecule has 22 heavy (non-hydrogen) atoms. The molecule has 2 aromatic rings. The van der Waals surface area contributed by atoms with E-state index >= 15 is 0 Å². The van der Waals surface area contributed by atoms with Crippen molar-refractivity contribution >= 4 is 6.21 Å². The third-order valence-electron chi connectivity index (χ3n) is 3.68. The molecule has 1 N–H and O–H groups in total. The van der Waals surface area contributed by atoms with E-state index in [1.54, 1.807) is 19.7 Å². The van der Waals surface area contributed by atoms with E-state index in [4.69, 9.17) is 9.47 Å². The van der Waals surface area contributed by atoms with E-state index in [1.807, 2.05) is 12.1 Å². The molecule has 0 saturated carbocycles. The average Bonchev–Trinajstić information content (AvgIpc) is 3.08. The third-order valence-corrected chi connectivity index (χ3v) is 3.68. The Bertz CT molecular complexity index is 621. The van der Waals surface area contributed by atoms with Crippen LogP contribution in [-0.4, -0.2) is 54.5 Å². The van der Waals surface area contributed by atoms with Crippen LogP contribution in [0.15, 0.2) is 36.0 Å².